The highest BCUT2D eigenvalue weighted by Crippen LogP contribution is 2.32. The molecular formula is C28H35FN4O2. The lowest BCUT2D eigenvalue weighted by Gasteiger charge is -2.30. The van der Waals surface area contributed by atoms with Crippen LogP contribution in [0, 0.1) is 5.82 Å². The Balaban J connectivity index is 1.31. The fourth-order valence-electron chi connectivity index (χ4n) is 5.83. The summed E-state index contributed by atoms with van der Waals surface area (Å²) in [6.07, 6.45) is 6.11. The van der Waals surface area contributed by atoms with Crippen molar-refractivity contribution in [2.75, 3.05) is 50.6 Å². The van der Waals surface area contributed by atoms with E-state index in [9.17, 15) is 9.59 Å². The summed E-state index contributed by atoms with van der Waals surface area (Å²) in [5, 5.41) is 0. The first kappa shape index (κ1) is 23.8. The number of rotatable bonds is 5. The number of fused-ring (bicyclic) bond motifs is 1. The second kappa shape index (κ2) is 9.61. The average Bonchev–Trinajstić information content (AvgIpc) is 3.56. The number of amides is 2. The lowest BCUT2D eigenvalue weighted by atomic mass is 9.95. The lowest BCUT2D eigenvalue weighted by molar-refractivity contribution is 0.0734. The summed E-state index contributed by atoms with van der Waals surface area (Å²) in [7, 11) is 5.99. The first-order valence-corrected chi connectivity index (χ1v) is 12.8. The Morgan fingerprint density at radius 1 is 0.971 bits per heavy atom. The molecule has 6 nitrogen and oxygen atoms in total. The molecule has 2 amide bonds. The van der Waals surface area contributed by atoms with Gasteiger partial charge < -0.3 is 19.6 Å². The SMILES string of the molecule is CN(C(=O)c1ccc2c(c1)CCN(c1ccc(N3CC[C@@H](N(C)C)C3)c(F)c1)C2=O)C1CCCC1. The molecule has 2 fully saturated rings. The molecule has 1 aliphatic carbocycles. The highest BCUT2D eigenvalue weighted by Gasteiger charge is 2.30. The molecule has 35 heavy (non-hydrogen) atoms. The van der Waals surface area contributed by atoms with Crippen LogP contribution in [0.5, 0.6) is 0 Å². The quantitative estimate of drug-likeness (QED) is 0.647. The highest BCUT2D eigenvalue weighted by molar-refractivity contribution is 6.09. The third-order valence-electron chi connectivity index (χ3n) is 8.10. The number of carbonyl (C=O) groups is 2. The molecular weight excluding hydrogens is 443 g/mol. The molecule has 0 bridgehead atoms. The molecule has 2 aromatic carbocycles. The van der Waals surface area contributed by atoms with Crippen molar-refractivity contribution in [2.45, 2.75) is 50.6 Å². The van der Waals surface area contributed by atoms with Crippen LogP contribution in [0.25, 0.3) is 0 Å². The Kier molecular flexibility index (Phi) is 6.53. The van der Waals surface area contributed by atoms with E-state index >= 15 is 4.39 Å². The maximum absolute atomic E-state index is 15.1. The molecule has 7 heteroatoms. The third kappa shape index (κ3) is 4.54. The monoisotopic (exact) mass is 478 g/mol. The largest absolute Gasteiger partial charge is 0.368 e. The summed E-state index contributed by atoms with van der Waals surface area (Å²) in [5.41, 5.74) is 3.29. The third-order valence-corrected chi connectivity index (χ3v) is 8.10. The molecule has 0 radical (unpaired) electrons. The number of benzene rings is 2. The van der Waals surface area contributed by atoms with Gasteiger partial charge in [-0.3, -0.25) is 9.59 Å². The van der Waals surface area contributed by atoms with Crippen LogP contribution in [0.1, 0.15) is 58.4 Å². The smallest absolute Gasteiger partial charge is 0.258 e. The summed E-state index contributed by atoms with van der Waals surface area (Å²) in [4.78, 5) is 34.1. The van der Waals surface area contributed by atoms with Gasteiger partial charge in [0.2, 0.25) is 0 Å². The minimum absolute atomic E-state index is 0.0191. The maximum Gasteiger partial charge on any atom is 0.258 e. The minimum atomic E-state index is -0.295. The molecule has 1 atom stereocenters. The molecule has 186 valence electrons. The van der Waals surface area contributed by atoms with E-state index in [1.54, 1.807) is 23.1 Å². The number of halogens is 1. The number of hydrogen-bond acceptors (Lipinski definition) is 4. The van der Waals surface area contributed by atoms with E-state index in [4.69, 9.17) is 0 Å². The summed E-state index contributed by atoms with van der Waals surface area (Å²) in [5.74, 6) is -0.419. The zero-order valence-corrected chi connectivity index (χ0v) is 21.0. The van der Waals surface area contributed by atoms with Crippen LogP contribution in [0.2, 0.25) is 0 Å². The van der Waals surface area contributed by atoms with Crippen molar-refractivity contribution in [3.63, 3.8) is 0 Å². The molecule has 3 aliphatic rings. The number of carbonyl (C=O) groups excluding carboxylic acids is 2. The molecule has 0 spiro atoms. The summed E-state index contributed by atoms with van der Waals surface area (Å²) < 4.78 is 15.1. The summed E-state index contributed by atoms with van der Waals surface area (Å²) in [6.45, 7) is 2.09. The number of nitrogens with zero attached hydrogens (tertiary/aromatic N) is 4. The van der Waals surface area contributed by atoms with Gasteiger partial charge in [0.25, 0.3) is 11.8 Å². The first-order chi connectivity index (χ1) is 16.8. The van der Waals surface area contributed by atoms with Crippen LogP contribution in [0.15, 0.2) is 36.4 Å². The van der Waals surface area contributed by atoms with Gasteiger partial charge in [-0.15, -0.1) is 0 Å². The molecule has 5 rings (SSSR count). The molecule has 2 heterocycles. The standard InChI is InChI=1S/C28H35FN4O2/c1-30(2)23-13-14-32(18-23)26-11-9-22(17-25(26)29)33-15-12-19-16-20(8-10-24(19)28(33)35)27(34)31(3)21-6-4-5-7-21/h8-11,16-17,21,23H,4-7,12-15,18H2,1-3H3/t23-/m1/s1. The minimum Gasteiger partial charge on any atom is -0.368 e. The fourth-order valence-corrected chi connectivity index (χ4v) is 5.83. The van der Waals surface area contributed by atoms with Gasteiger partial charge in [0.1, 0.15) is 5.82 Å². The summed E-state index contributed by atoms with van der Waals surface area (Å²) >= 11 is 0. The molecule has 2 aliphatic heterocycles. The van der Waals surface area contributed by atoms with E-state index < -0.39 is 0 Å². The molecule has 0 N–H and O–H groups in total. The van der Waals surface area contributed by atoms with E-state index in [0.717, 1.165) is 37.9 Å². The first-order valence-electron chi connectivity index (χ1n) is 12.8. The zero-order valence-electron chi connectivity index (χ0n) is 21.0. The Bertz CT molecular complexity index is 1130. The van der Waals surface area contributed by atoms with Crippen LogP contribution in [0.4, 0.5) is 15.8 Å². The van der Waals surface area contributed by atoms with Crippen LogP contribution in [-0.4, -0.2) is 74.5 Å². The van der Waals surface area contributed by atoms with Crippen LogP contribution < -0.4 is 9.80 Å². The predicted octanol–water partition coefficient (Wildman–Crippen LogP) is 4.18. The van der Waals surface area contributed by atoms with Crippen molar-refractivity contribution in [2.24, 2.45) is 0 Å². The van der Waals surface area contributed by atoms with Crippen LogP contribution in [0.3, 0.4) is 0 Å². The van der Waals surface area contributed by atoms with Crippen molar-refractivity contribution >= 4 is 23.2 Å². The molecule has 1 saturated carbocycles. The number of anilines is 2. The average molecular weight is 479 g/mol. The van der Waals surface area contributed by atoms with Crippen molar-refractivity contribution in [3.05, 3.63) is 58.9 Å². The van der Waals surface area contributed by atoms with E-state index in [1.807, 2.05) is 24.1 Å². The molecule has 2 aromatic rings. The van der Waals surface area contributed by atoms with Gasteiger partial charge >= 0.3 is 0 Å². The lowest BCUT2D eigenvalue weighted by Crippen LogP contribution is -2.38. The molecule has 0 aromatic heterocycles. The second-order valence-electron chi connectivity index (χ2n) is 10.4. The van der Waals surface area contributed by atoms with E-state index in [-0.39, 0.29) is 17.6 Å². The van der Waals surface area contributed by atoms with Gasteiger partial charge in [-0.05, 0) is 81.7 Å². The van der Waals surface area contributed by atoms with Crippen molar-refractivity contribution in [1.82, 2.24) is 9.80 Å². The second-order valence-corrected chi connectivity index (χ2v) is 10.4. The van der Waals surface area contributed by atoms with Gasteiger partial charge in [0.15, 0.2) is 0 Å². The normalized spacial score (nSPS) is 20.6. The Hall–Kier alpha value is -2.93. The Labute approximate surface area is 207 Å². The molecule has 0 unspecified atom stereocenters. The van der Waals surface area contributed by atoms with Crippen molar-refractivity contribution in [3.8, 4) is 0 Å². The topological polar surface area (TPSA) is 47.1 Å². The van der Waals surface area contributed by atoms with Crippen LogP contribution >= 0.6 is 0 Å². The zero-order chi connectivity index (χ0) is 24.7. The Morgan fingerprint density at radius 2 is 1.74 bits per heavy atom. The fraction of sp³-hybridized carbons (Fsp3) is 0.500. The predicted molar refractivity (Wildman–Crippen MR) is 137 cm³/mol. The maximum atomic E-state index is 15.1. The number of hydrogen-bond donors (Lipinski definition) is 0. The van der Waals surface area contributed by atoms with Crippen LogP contribution in [-0.2, 0) is 6.42 Å². The van der Waals surface area contributed by atoms with Gasteiger partial charge in [0.05, 0.1) is 5.69 Å². The summed E-state index contributed by atoms with van der Waals surface area (Å²) in [6, 6.07) is 11.2. The molecule has 1 saturated heterocycles. The van der Waals surface area contributed by atoms with Crippen molar-refractivity contribution < 1.29 is 14.0 Å². The van der Waals surface area contributed by atoms with Gasteiger partial charge in [-0.25, -0.2) is 4.39 Å². The van der Waals surface area contributed by atoms with Gasteiger partial charge in [-0.1, -0.05) is 12.8 Å². The van der Waals surface area contributed by atoms with Gasteiger partial charge in [-0.2, -0.15) is 0 Å². The van der Waals surface area contributed by atoms with Crippen molar-refractivity contribution in [1.29, 1.82) is 0 Å². The van der Waals surface area contributed by atoms with Gasteiger partial charge in [0, 0.05) is 55.6 Å². The Morgan fingerprint density at radius 3 is 2.43 bits per heavy atom. The number of likely N-dealkylation sites (N-methyl/N-ethyl adjacent to an activating group) is 1. The highest BCUT2D eigenvalue weighted by atomic mass is 19.1. The van der Waals surface area contributed by atoms with E-state index in [2.05, 4.69) is 23.9 Å². The van der Waals surface area contributed by atoms with E-state index in [0.29, 0.717) is 47.6 Å². The van der Waals surface area contributed by atoms with E-state index in [1.165, 1.54) is 18.9 Å².